The number of anilines is 2. The van der Waals surface area contributed by atoms with Crippen LogP contribution in [-0.2, 0) is 4.79 Å². The Bertz CT molecular complexity index is 752. The molecule has 0 saturated heterocycles. The monoisotopic (exact) mass is 359 g/mol. The summed E-state index contributed by atoms with van der Waals surface area (Å²) in [7, 11) is 0. The molecule has 0 aromatic heterocycles. The molecule has 0 saturated carbocycles. The van der Waals surface area contributed by atoms with Crippen molar-refractivity contribution < 1.29 is 9.59 Å². The minimum Gasteiger partial charge on any atom is -0.376 e. The third-order valence-electron chi connectivity index (χ3n) is 3.19. The third kappa shape index (κ3) is 6.47. The predicted molar refractivity (Wildman–Crippen MR) is 102 cm³/mol. The van der Waals surface area contributed by atoms with Crippen LogP contribution in [0.3, 0.4) is 0 Å². The molecule has 132 valence electrons. The van der Waals surface area contributed by atoms with Crippen molar-refractivity contribution in [2.24, 2.45) is 0 Å². The maximum absolute atomic E-state index is 12.2. The second-order valence-corrected chi connectivity index (χ2v) is 7.13. The predicted octanol–water partition coefficient (Wildman–Crippen LogP) is 3.92. The Morgan fingerprint density at radius 2 is 1.68 bits per heavy atom. The van der Waals surface area contributed by atoms with Gasteiger partial charge in [-0.25, -0.2) is 0 Å². The quantitative estimate of drug-likeness (QED) is 0.757. The molecule has 6 heteroatoms. The second-order valence-electron chi connectivity index (χ2n) is 6.69. The summed E-state index contributed by atoms with van der Waals surface area (Å²) in [4.78, 5) is 24.2. The Hall–Kier alpha value is -2.53. The summed E-state index contributed by atoms with van der Waals surface area (Å²) in [6, 6.07) is 13.9. The number of rotatable bonds is 5. The van der Waals surface area contributed by atoms with Gasteiger partial charge in [0.2, 0.25) is 5.91 Å². The maximum Gasteiger partial charge on any atom is 0.251 e. The van der Waals surface area contributed by atoms with E-state index < -0.39 is 0 Å². The summed E-state index contributed by atoms with van der Waals surface area (Å²) in [6.07, 6.45) is 0. The lowest BCUT2D eigenvalue weighted by atomic mass is 10.1. The van der Waals surface area contributed by atoms with E-state index in [9.17, 15) is 9.59 Å². The van der Waals surface area contributed by atoms with Crippen molar-refractivity contribution in [1.82, 2.24) is 5.32 Å². The van der Waals surface area contributed by atoms with E-state index in [1.807, 2.05) is 26.8 Å². The normalized spacial score (nSPS) is 10.9. The standard InChI is InChI=1S/C19H22ClN3O2/c1-19(2,3)23-18(25)13-5-4-6-16(11-13)21-12-17(24)22-15-9-7-14(20)8-10-15/h4-11,21H,12H2,1-3H3,(H,22,24)(H,23,25). The summed E-state index contributed by atoms with van der Waals surface area (Å²) in [5, 5.41) is 9.30. The molecule has 0 aliphatic heterocycles. The van der Waals surface area contributed by atoms with Crippen molar-refractivity contribution in [1.29, 1.82) is 0 Å². The number of nitrogens with one attached hydrogen (secondary N) is 3. The molecule has 2 amide bonds. The van der Waals surface area contributed by atoms with Crippen LogP contribution in [-0.4, -0.2) is 23.9 Å². The molecule has 0 spiro atoms. The number of hydrogen-bond donors (Lipinski definition) is 3. The van der Waals surface area contributed by atoms with Crippen LogP contribution >= 0.6 is 11.6 Å². The van der Waals surface area contributed by atoms with E-state index in [4.69, 9.17) is 11.6 Å². The van der Waals surface area contributed by atoms with Crippen LogP contribution in [0.25, 0.3) is 0 Å². The van der Waals surface area contributed by atoms with Crippen LogP contribution in [0.15, 0.2) is 48.5 Å². The SMILES string of the molecule is CC(C)(C)NC(=O)c1cccc(NCC(=O)Nc2ccc(Cl)cc2)c1. The Morgan fingerprint density at radius 3 is 2.32 bits per heavy atom. The smallest absolute Gasteiger partial charge is 0.251 e. The van der Waals surface area contributed by atoms with Gasteiger partial charge in [0.15, 0.2) is 0 Å². The van der Waals surface area contributed by atoms with Gasteiger partial charge < -0.3 is 16.0 Å². The molecule has 0 heterocycles. The molecule has 0 unspecified atom stereocenters. The molecule has 3 N–H and O–H groups in total. The fourth-order valence-corrected chi connectivity index (χ4v) is 2.23. The highest BCUT2D eigenvalue weighted by Gasteiger charge is 2.15. The van der Waals surface area contributed by atoms with Crippen molar-refractivity contribution in [3.05, 3.63) is 59.1 Å². The molecular formula is C19H22ClN3O2. The first-order valence-electron chi connectivity index (χ1n) is 7.95. The summed E-state index contributed by atoms with van der Waals surface area (Å²) < 4.78 is 0. The van der Waals surface area contributed by atoms with Crippen LogP contribution in [0.2, 0.25) is 5.02 Å². The largest absolute Gasteiger partial charge is 0.376 e. The molecule has 0 atom stereocenters. The van der Waals surface area contributed by atoms with Crippen LogP contribution in [0.5, 0.6) is 0 Å². The van der Waals surface area contributed by atoms with E-state index in [-0.39, 0.29) is 23.9 Å². The fraction of sp³-hybridized carbons (Fsp3) is 0.263. The van der Waals surface area contributed by atoms with E-state index in [0.717, 1.165) is 0 Å². The zero-order valence-corrected chi connectivity index (χ0v) is 15.3. The Balaban J connectivity index is 1.92. The first-order valence-corrected chi connectivity index (χ1v) is 8.33. The second kappa shape index (κ2) is 8.03. The zero-order chi connectivity index (χ0) is 18.4. The lowest BCUT2D eigenvalue weighted by molar-refractivity contribution is -0.114. The number of halogens is 1. The number of carbonyl (C=O) groups excluding carboxylic acids is 2. The molecular weight excluding hydrogens is 338 g/mol. The lowest BCUT2D eigenvalue weighted by Gasteiger charge is -2.20. The van der Waals surface area contributed by atoms with Crippen molar-refractivity contribution in [3.63, 3.8) is 0 Å². The topological polar surface area (TPSA) is 70.2 Å². The molecule has 25 heavy (non-hydrogen) atoms. The highest BCUT2D eigenvalue weighted by molar-refractivity contribution is 6.30. The van der Waals surface area contributed by atoms with Gasteiger partial charge in [-0.3, -0.25) is 9.59 Å². The highest BCUT2D eigenvalue weighted by atomic mass is 35.5. The van der Waals surface area contributed by atoms with Crippen LogP contribution < -0.4 is 16.0 Å². The van der Waals surface area contributed by atoms with Gasteiger partial charge in [0.25, 0.3) is 5.91 Å². The number of carbonyl (C=O) groups is 2. The van der Waals surface area contributed by atoms with Crippen molar-refractivity contribution in [2.75, 3.05) is 17.2 Å². The van der Waals surface area contributed by atoms with Crippen LogP contribution in [0.1, 0.15) is 31.1 Å². The first kappa shape index (κ1) is 18.8. The zero-order valence-electron chi connectivity index (χ0n) is 14.5. The molecule has 5 nitrogen and oxygen atoms in total. The van der Waals surface area contributed by atoms with E-state index in [2.05, 4.69) is 16.0 Å². The average molecular weight is 360 g/mol. The minimum absolute atomic E-state index is 0.0902. The van der Waals surface area contributed by atoms with Crippen LogP contribution in [0.4, 0.5) is 11.4 Å². The lowest BCUT2D eigenvalue weighted by Crippen LogP contribution is -2.40. The molecule has 0 aliphatic carbocycles. The van der Waals surface area contributed by atoms with Gasteiger partial charge in [0, 0.05) is 27.5 Å². The summed E-state index contributed by atoms with van der Waals surface area (Å²) in [5.74, 6) is -0.339. The Kier molecular flexibility index (Phi) is 6.04. The van der Waals surface area contributed by atoms with Gasteiger partial charge in [-0.05, 0) is 63.2 Å². The molecule has 2 aromatic rings. The molecule has 2 aromatic carbocycles. The fourth-order valence-electron chi connectivity index (χ4n) is 2.10. The maximum atomic E-state index is 12.2. The summed E-state index contributed by atoms with van der Waals surface area (Å²) in [5.41, 5.74) is 1.61. The number of hydrogen-bond acceptors (Lipinski definition) is 3. The van der Waals surface area contributed by atoms with Gasteiger partial charge in [0.1, 0.15) is 0 Å². The third-order valence-corrected chi connectivity index (χ3v) is 3.45. The molecule has 0 radical (unpaired) electrons. The van der Waals surface area contributed by atoms with Gasteiger partial charge in [-0.2, -0.15) is 0 Å². The van der Waals surface area contributed by atoms with Gasteiger partial charge >= 0.3 is 0 Å². The molecule has 0 aliphatic rings. The summed E-state index contributed by atoms with van der Waals surface area (Å²) in [6.45, 7) is 5.86. The molecule has 0 fully saturated rings. The molecule has 2 rings (SSSR count). The van der Waals surface area contributed by atoms with Crippen molar-refractivity contribution in [3.8, 4) is 0 Å². The van der Waals surface area contributed by atoms with Gasteiger partial charge in [0.05, 0.1) is 6.54 Å². The van der Waals surface area contributed by atoms with E-state index >= 15 is 0 Å². The van der Waals surface area contributed by atoms with Crippen molar-refractivity contribution >= 4 is 34.8 Å². The Labute approximate surface area is 152 Å². The average Bonchev–Trinajstić information content (AvgIpc) is 2.54. The number of amides is 2. The van der Waals surface area contributed by atoms with E-state index in [1.165, 1.54) is 0 Å². The highest BCUT2D eigenvalue weighted by Crippen LogP contribution is 2.14. The molecule has 0 bridgehead atoms. The van der Waals surface area contributed by atoms with Crippen LogP contribution in [0, 0.1) is 0 Å². The summed E-state index contributed by atoms with van der Waals surface area (Å²) >= 11 is 5.81. The minimum atomic E-state index is -0.307. The number of benzene rings is 2. The van der Waals surface area contributed by atoms with E-state index in [1.54, 1.807) is 42.5 Å². The van der Waals surface area contributed by atoms with Gasteiger partial charge in [-0.1, -0.05) is 17.7 Å². The first-order chi connectivity index (χ1) is 11.7. The Morgan fingerprint density at radius 1 is 1.00 bits per heavy atom. The van der Waals surface area contributed by atoms with Gasteiger partial charge in [-0.15, -0.1) is 0 Å². The van der Waals surface area contributed by atoms with Crippen molar-refractivity contribution in [2.45, 2.75) is 26.3 Å². The van der Waals surface area contributed by atoms with E-state index in [0.29, 0.717) is 22.0 Å².